The maximum absolute atomic E-state index is 3.96. The second kappa shape index (κ2) is 5.17. The highest BCUT2D eigenvalue weighted by Crippen LogP contribution is 2.15. The molecule has 2 nitrogen and oxygen atoms in total. The largest absolute Gasteiger partial charge is 0.309 e. The second-order valence-electron chi connectivity index (χ2n) is 2.83. The van der Waals surface area contributed by atoms with E-state index in [1.807, 2.05) is 36.3 Å². The summed E-state index contributed by atoms with van der Waals surface area (Å²) in [5.41, 5.74) is 0. The van der Waals surface area contributed by atoms with E-state index in [-0.39, 0.29) is 0 Å². The number of hydrogen-bond acceptors (Lipinski definition) is 3. The lowest BCUT2D eigenvalue weighted by Crippen LogP contribution is -2.14. The van der Waals surface area contributed by atoms with Gasteiger partial charge in [0, 0.05) is 29.6 Å². The summed E-state index contributed by atoms with van der Waals surface area (Å²) in [6, 6.07) is 4.08. The van der Waals surface area contributed by atoms with E-state index in [0.29, 0.717) is 0 Å². The summed E-state index contributed by atoms with van der Waals surface area (Å²) >= 11 is 1.87. The molecule has 0 spiro atoms. The Morgan fingerprint density at radius 2 is 2.00 bits per heavy atom. The molecule has 1 aromatic heterocycles. The molecule has 3 heteroatoms. The first-order valence-corrected chi connectivity index (χ1v) is 4.95. The zero-order valence-electron chi connectivity index (χ0n) is 7.53. The SMILES string of the molecule is CN(C)CCSc1ccncc1. The van der Waals surface area contributed by atoms with Crippen molar-refractivity contribution in [3.63, 3.8) is 0 Å². The number of thioether (sulfide) groups is 1. The lowest BCUT2D eigenvalue weighted by molar-refractivity contribution is 0.437. The summed E-state index contributed by atoms with van der Waals surface area (Å²) in [6.45, 7) is 1.12. The predicted molar refractivity (Wildman–Crippen MR) is 53.5 cm³/mol. The van der Waals surface area contributed by atoms with E-state index in [2.05, 4.69) is 24.0 Å². The summed E-state index contributed by atoms with van der Waals surface area (Å²) < 4.78 is 0. The van der Waals surface area contributed by atoms with Gasteiger partial charge in [-0.3, -0.25) is 4.98 Å². The fraction of sp³-hybridized carbons (Fsp3) is 0.444. The molecule has 0 aliphatic rings. The normalized spacial score (nSPS) is 10.6. The van der Waals surface area contributed by atoms with Gasteiger partial charge in [-0.1, -0.05) is 0 Å². The van der Waals surface area contributed by atoms with Gasteiger partial charge in [-0.2, -0.15) is 0 Å². The first kappa shape index (κ1) is 9.55. The Balaban J connectivity index is 2.25. The smallest absolute Gasteiger partial charge is 0.0278 e. The zero-order chi connectivity index (χ0) is 8.81. The summed E-state index contributed by atoms with van der Waals surface area (Å²) in [5, 5.41) is 0. The molecule has 0 fully saturated rings. The summed E-state index contributed by atoms with van der Waals surface area (Å²) in [7, 11) is 4.18. The molecule has 0 saturated heterocycles. The molecule has 0 aliphatic carbocycles. The zero-order valence-corrected chi connectivity index (χ0v) is 8.34. The van der Waals surface area contributed by atoms with Crippen molar-refractivity contribution in [2.45, 2.75) is 4.90 Å². The van der Waals surface area contributed by atoms with Crippen LogP contribution in [0.2, 0.25) is 0 Å². The first-order valence-electron chi connectivity index (χ1n) is 3.96. The molecule has 0 aromatic carbocycles. The highest BCUT2D eigenvalue weighted by atomic mass is 32.2. The lowest BCUT2D eigenvalue weighted by atomic mass is 10.5. The summed E-state index contributed by atoms with van der Waals surface area (Å²) in [6.07, 6.45) is 3.66. The Morgan fingerprint density at radius 3 is 2.58 bits per heavy atom. The maximum Gasteiger partial charge on any atom is 0.0278 e. The van der Waals surface area contributed by atoms with Crippen molar-refractivity contribution in [1.82, 2.24) is 9.88 Å². The molecule has 0 bridgehead atoms. The van der Waals surface area contributed by atoms with Gasteiger partial charge in [0.2, 0.25) is 0 Å². The molecule has 0 N–H and O–H groups in total. The van der Waals surface area contributed by atoms with Crippen LogP contribution < -0.4 is 0 Å². The van der Waals surface area contributed by atoms with Crippen LogP contribution in [0.3, 0.4) is 0 Å². The monoisotopic (exact) mass is 182 g/mol. The minimum atomic E-state index is 1.12. The van der Waals surface area contributed by atoms with Gasteiger partial charge < -0.3 is 4.90 Å². The van der Waals surface area contributed by atoms with Crippen molar-refractivity contribution in [2.75, 3.05) is 26.4 Å². The Kier molecular flexibility index (Phi) is 4.11. The van der Waals surface area contributed by atoms with Crippen molar-refractivity contribution < 1.29 is 0 Å². The number of rotatable bonds is 4. The van der Waals surface area contributed by atoms with Crippen molar-refractivity contribution in [2.24, 2.45) is 0 Å². The van der Waals surface area contributed by atoms with Crippen LogP contribution in [-0.2, 0) is 0 Å². The van der Waals surface area contributed by atoms with Crippen molar-refractivity contribution >= 4 is 11.8 Å². The molecule has 0 saturated carbocycles. The molecule has 0 atom stereocenters. The maximum atomic E-state index is 3.96. The van der Waals surface area contributed by atoms with E-state index in [4.69, 9.17) is 0 Å². The highest BCUT2D eigenvalue weighted by Gasteiger charge is 1.93. The van der Waals surface area contributed by atoms with Gasteiger partial charge in [0.1, 0.15) is 0 Å². The summed E-state index contributed by atoms with van der Waals surface area (Å²) in [4.78, 5) is 7.45. The molecule has 0 aliphatic heterocycles. The van der Waals surface area contributed by atoms with E-state index in [0.717, 1.165) is 12.3 Å². The molecule has 1 aromatic rings. The van der Waals surface area contributed by atoms with Crippen molar-refractivity contribution in [3.8, 4) is 0 Å². The number of nitrogens with zero attached hydrogens (tertiary/aromatic N) is 2. The minimum Gasteiger partial charge on any atom is -0.309 e. The van der Waals surface area contributed by atoms with Gasteiger partial charge >= 0.3 is 0 Å². The van der Waals surface area contributed by atoms with Gasteiger partial charge in [0.15, 0.2) is 0 Å². The van der Waals surface area contributed by atoms with Crippen LogP contribution in [-0.4, -0.2) is 36.3 Å². The van der Waals surface area contributed by atoms with Gasteiger partial charge in [-0.05, 0) is 26.2 Å². The van der Waals surface area contributed by atoms with Gasteiger partial charge in [0.25, 0.3) is 0 Å². The van der Waals surface area contributed by atoms with Crippen LogP contribution in [0.5, 0.6) is 0 Å². The Labute approximate surface area is 78.0 Å². The standard InChI is InChI=1S/C9H14N2S/c1-11(2)7-8-12-9-3-5-10-6-4-9/h3-6H,7-8H2,1-2H3. The van der Waals surface area contributed by atoms with E-state index >= 15 is 0 Å². The third kappa shape index (κ3) is 3.74. The highest BCUT2D eigenvalue weighted by molar-refractivity contribution is 7.99. The average molecular weight is 182 g/mol. The molecular formula is C9H14N2S. The number of hydrogen-bond donors (Lipinski definition) is 0. The molecule has 1 rings (SSSR count). The van der Waals surface area contributed by atoms with Crippen LogP contribution in [0.25, 0.3) is 0 Å². The molecule has 66 valence electrons. The van der Waals surface area contributed by atoms with Crippen LogP contribution >= 0.6 is 11.8 Å². The molecule has 0 radical (unpaired) electrons. The minimum absolute atomic E-state index is 1.12. The molecule has 12 heavy (non-hydrogen) atoms. The van der Waals surface area contributed by atoms with Gasteiger partial charge in [0.05, 0.1) is 0 Å². The van der Waals surface area contributed by atoms with Gasteiger partial charge in [-0.25, -0.2) is 0 Å². The molecule has 1 heterocycles. The van der Waals surface area contributed by atoms with Crippen molar-refractivity contribution in [3.05, 3.63) is 24.5 Å². The van der Waals surface area contributed by atoms with E-state index in [1.54, 1.807) is 0 Å². The quantitative estimate of drug-likeness (QED) is 0.660. The number of aromatic nitrogens is 1. The van der Waals surface area contributed by atoms with Crippen LogP contribution in [0.15, 0.2) is 29.4 Å². The topological polar surface area (TPSA) is 16.1 Å². The lowest BCUT2D eigenvalue weighted by Gasteiger charge is -2.07. The second-order valence-corrected chi connectivity index (χ2v) is 4.00. The van der Waals surface area contributed by atoms with Gasteiger partial charge in [-0.15, -0.1) is 11.8 Å². The Bertz CT molecular complexity index is 211. The number of pyridine rings is 1. The van der Waals surface area contributed by atoms with E-state index < -0.39 is 0 Å². The Morgan fingerprint density at radius 1 is 1.33 bits per heavy atom. The predicted octanol–water partition coefficient (Wildman–Crippen LogP) is 1.74. The first-order chi connectivity index (χ1) is 5.79. The fourth-order valence-corrected chi connectivity index (χ4v) is 1.79. The third-order valence-corrected chi connectivity index (χ3v) is 2.45. The summed E-state index contributed by atoms with van der Waals surface area (Å²) in [5.74, 6) is 1.14. The molecular weight excluding hydrogens is 168 g/mol. The Hall–Kier alpha value is -0.540. The average Bonchev–Trinajstić information content (AvgIpc) is 2.05. The third-order valence-electron chi connectivity index (χ3n) is 1.46. The van der Waals surface area contributed by atoms with E-state index in [9.17, 15) is 0 Å². The van der Waals surface area contributed by atoms with Crippen LogP contribution in [0, 0.1) is 0 Å². The van der Waals surface area contributed by atoms with Crippen LogP contribution in [0.1, 0.15) is 0 Å². The van der Waals surface area contributed by atoms with E-state index in [1.165, 1.54) is 4.90 Å². The fourth-order valence-electron chi connectivity index (χ4n) is 0.781. The van der Waals surface area contributed by atoms with Crippen molar-refractivity contribution in [1.29, 1.82) is 0 Å². The molecule has 0 unspecified atom stereocenters. The molecule has 0 amide bonds. The van der Waals surface area contributed by atoms with Crippen LogP contribution in [0.4, 0.5) is 0 Å².